The number of nitrogens with one attached hydrogen (secondary N) is 1. The number of anilines is 1. The van der Waals surface area contributed by atoms with Gasteiger partial charge in [-0.3, -0.25) is 0 Å². The number of hydrogen-bond donors (Lipinski definition) is 1. The highest BCUT2D eigenvalue weighted by molar-refractivity contribution is 6.35. The monoisotopic (exact) mass is 287 g/mol. The number of halogens is 3. The van der Waals surface area contributed by atoms with Gasteiger partial charge in [0.25, 0.3) is 0 Å². The van der Waals surface area contributed by atoms with Crippen molar-refractivity contribution in [3.63, 3.8) is 0 Å². The van der Waals surface area contributed by atoms with Crippen molar-refractivity contribution in [3.8, 4) is 0 Å². The molecule has 1 N–H and O–H groups in total. The van der Waals surface area contributed by atoms with Gasteiger partial charge >= 0.3 is 0 Å². The Labute approximate surface area is 117 Å². The predicted molar refractivity (Wildman–Crippen MR) is 73.8 cm³/mol. The van der Waals surface area contributed by atoms with Crippen molar-refractivity contribution in [2.45, 2.75) is 25.7 Å². The van der Waals surface area contributed by atoms with Gasteiger partial charge in [0, 0.05) is 12.2 Å². The summed E-state index contributed by atoms with van der Waals surface area (Å²) >= 11 is 11.6. The first-order valence-electron chi connectivity index (χ1n) is 6.52. The van der Waals surface area contributed by atoms with E-state index in [4.69, 9.17) is 23.2 Å². The summed E-state index contributed by atoms with van der Waals surface area (Å²) in [5.41, 5.74) is 0.814. The van der Waals surface area contributed by atoms with E-state index in [0.717, 1.165) is 30.0 Å². The fourth-order valence-electron chi connectivity index (χ4n) is 3.53. The van der Waals surface area contributed by atoms with Crippen molar-refractivity contribution in [3.05, 3.63) is 28.0 Å². The maximum absolute atomic E-state index is 13.3. The van der Waals surface area contributed by atoms with Crippen LogP contribution in [0.2, 0.25) is 10.0 Å². The van der Waals surface area contributed by atoms with Gasteiger partial charge < -0.3 is 5.32 Å². The Morgan fingerprint density at radius 3 is 2.44 bits per heavy atom. The van der Waals surface area contributed by atoms with Crippen molar-refractivity contribution < 1.29 is 4.39 Å². The van der Waals surface area contributed by atoms with Crippen LogP contribution in [0.5, 0.6) is 0 Å². The summed E-state index contributed by atoms with van der Waals surface area (Å²) in [5, 5.41) is 3.51. The summed E-state index contributed by atoms with van der Waals surface area (Å²) in [6, 6.07) is 3.21. The van der Waals surface area contributed by atoms with E-state index in [0.29, 0.717) is 0 Å². The van der Waals surface area contributed by atoms with Gasteiger partial charge in [0.2, 0.25) is 0 Å². The number of rotatable bonds is 3. The lowest BCUT2D eigenvalue weighted by molar-refractivity contribution is 0.348. The molecule has 1 aromatic rings. The van der Waals surface area contributed by atoms with Crippen LogP contribution in [0.25, 0.3) is 0 Å². The second-order valence-electron chi connectivity index (χ2n) is 5.57. The van der Waals surface area contributed by atoms with Crippen LogP contribution in [0.1, 0.15) is 25.7 Å². The molecule has 1 aromatic carbocycles. The normalized spacial score (nSPS) is 29.8. The number of fused-ring (bicyclic) bond motifs is 2. The average Bonchev–Trinajstić information content (AvgIpc) is 2.95. The van der Waals surface area contributed by atoms with E-state index in [9.17, 15) is 4.39 Å². The molecule has 0 amide bonds. The van der Waals surface area contributed by atoms with Crippen LogP contribution in [0.4, 0.5) is 10.1 Å². The van der Waals surface area contributed by atoms with E-state index in [1.54, 1.807) is 12.1 Å². The minimum atomic E-state index is -0.538. The minimum absolute atomic E-state index is 0.0814. The van der Waals surface area contributed by atoms with Crippen molar-refractivity contribution in [2.24, 2.45) is 17.8 Å². The van der Waals surface area contributed by atoms with E-state index >= 15 is 0 Å². The summed E-state index contributed by atoms with van der Waals surface area (Å²) in [6.45, 7) is 0.944. The van der Waals surface area contributed by atoms with Gasteiger partial charge in [-0.2, -0.15) is 0 Å². The molecule has 0 radical (unpaired) electrons. The van der Waals surface area contributed by atoms with Gasteiger partial charge in [-0.25, -0.2) is 4.39 Å². The van der Waals surface area contributed by atoms with E-state index in [2.05, 4.69) is 5.32 Å². The van der Waals surface area contributed by atoms with Crippen LogP contribution >= 0.6 is 23.2 Å². The van der Waals surface area contributed by atoms with Crippen molar-refractivity contribution in [1.29, 1.82) is 0 Å². The molecule has 2 aliphatic carbocycles. The maximum Gasteiger partial charge on any atom is 0.160 e. The molecule has 0 spiro atoms. The molecule has 0 saturated heterocycles. The highest BCUT2D eigenvalue weighted by Crippen LogP contribution is 2.48. The molecule has 0 aliphatic heterocycles. The number of benzene rings is 1. The summed E-state index contributed by atoms with van der Waals surface area (Å²) in [4.78, 5) is 0. The predicted octanol–water partition coefficient (Wildman–Crippen LogP) is 4.98. The van der Waals surface area contributed by atoms with E-state index < -0.39 is 5.82 Å². The molecule has 1 nitrogen and oxygen atoms in total. The Bertz CT molecular complexity index is 440. The summed E-state index contributed by atoms with van der Waals surface area (Å²) < 4.78 is 13.3. The zero-order chi connectivity index (χ0) is 12.7. The molecule has 0 heterocycles. The second kappa shape index (κ2) is 4.90. The molecule has 3 atom stereocenters. The van der Waals surface area contributed by atoms with Crippen LogP contribution in [-0.4, -0.2) is 6.54 Å². The molecule has 4 heteroatoms. The Kier molecular flexibility index (Phi) is 3.42. The number of hydrogen-bond acceptors (Lipinski definition) is 1. The quantitative estimate of drug-likeness (QED) is 0.773. The first-order valence-corrected chi connectivity index (χ1v) is 7.27. The lowest BCUT2D eigenvalue weighted by Gasteiger charge is -2.22. The highest BCUT2D eigenvalue weighted by atomic mass is 35.5. The summed E-state index contributed by atoms with van der Waals surface area (Å²) in [6.07, 6.45) is 5.52. The van der Waals surface area contributed by atoms with Gasteiger partial charge in [-0.15, -0.1) is 0 Å². The van der Waals surface area contributed by atoms with Crippen LogP contribution < -0.4 is 5.32 Å². The molecule has 0 aromatic heterocycles. The molecule has 18 heavy (non-hydrogen) atoms. The third-order valence-electron chi connectivity index (χ3n) is 4.44. The zero-order valence-corrected chi connectivity index (χ0v) is 11.6. The van der Waals surface area contributed by atoms with E-state index in [1.165, 1.54) is 25.7 Å². The van der Waals surface area contributed by atoms with Crippen LogP contribution in [0, 0.1) is 23.6 Å². The molecular formula is C14H16Cl2FN. The fourth-order valence-corrected chi connectivity index (χ4v) is 4.02. The average molecular weight is 288 g/mol. The SMILES string of the molecule is Fc1c(Cl)cc(NCC2CC3CCC2C3)cc1Cl. The first kappa shape index (κ1) is 12.6. The topological polar surface area (TPSA) is 12.0 Å². The van der Waals surface area contributed by atoms with Crippen LogP contribution in [0.3, 0.4) is 0 Å². The zero-order valence-electron chi connectivity index (χ0n) is 10.1. The van der Waals surface area contributed by atoms with Gasteiger partial charge in [0.05, 0.1) is 10.0 Å². The molecule has 3 rings (SSSR count). The molecular weight excluding hydrogens is 272 g/mol. The third-order valence-corrected chi connectivity index (χ3v) is 4.99. The van der Waals surface area contributed by atoms with Crippen molar-refractivity contribution >= 4 is 28.9 Å². The molecule has 98 valence electrons. The molecule has 3 unspecified atom stereocenters. The molecule has 2 saturated carbocycles. The van der Waals surface area contributed by atoms with Gasteiger partial charge in [-0.1, -0.05) is 29.6 Å². The summed E-state index contributed by atoms with van der Waals surface area (Å²) in [5.74, 6) is 2.05. The van der Waals surface area contributed by atoms with Gasteiger partial charge in [0.15, 0.2) is 5.82 Å². The van der Waals surface area contributed by atoms with E-state index in [-0.39, 0.29) is 10.0 Å². The molecule has 2 bridgehead atoms. The lowest BCUT2D eigenvalue weighted by Crippen LogP contribution is -2.20. The largest absolute Gasteiger partial charge is 0.385 e. The highest BCUT2D eigenvalue weighted by Gasteiger charge is 2.38. The lowest BCUT2D eigenvalue weighted by atomic mass is 9.89. The Balaban J connectivity index is 1.63. The first-order chi connectivity index (χ1) is 8.63. The Morgan fingerprint density at radius 1 is 1.17 bits per heavy atom. The molecule has 2 aliphatic rings. The van der Waals surface area contributed by atoms with Crippen molar-refractivity contribution in [1.82, 2.24) is 0 Å². The van der Waals surface area contributed by atoms with Crippen LogP contribution in [-0.2, 0) is 0 Å². The summed E-state index contributed by atoms with van der Waals surface area (Å²) in [7, 11) is 0. The van der Waals surface area contributed by atoms with E-state index in [1.807, 2.05) is 0 Å². The Morgan fingerprint density at radius 2 is 1.89 bits per heavy atom. The minimum Gasteiger partial charge on any atom is -0.385 e. The van der Waals surface area contributed by atoms with Gasteiger partial charge in [-0.05, 0) is 49.1 Å². The maximum atomic E-state index is 13.3. The standard InChI is InChI=1S/C14H16Cl2FN/c15-12-5-11(6-13(16)14(12)17)18-7-10-4-8-1-2-9(10)3-8/h5-6,8-10,18H,1-4,7H2. The third kappa shape index (κ3) is 2.33. The van der Waals surface area contributed by atoms with Crippen molar-refractivity contribution in [2.75, 3.05) is 11.9 Å². The van der Waals surface area contributed by atoms with Gasteiger partial charge in [0.1, 0.15) is 0 Å². The second-order valence-corrected chi connectivity index (χ2v) is 6.38. The fraction of sp³-hybridized carbons (Fsp3) is 0.571. The van der Waals surface area contributed by atoms with Crippen LogP contribution in [0.15, 0.2) is 12.1 Å². The Hall–Kier alpha value is -0.470. The molecule has 2 fully saturated rings. The smallest absolute Gasteiger partial charge is 0.160 e.